The molecule has 0 bridgehead atoms. The predicted octanol–water partition coefficient (Wildman–Crippen LogP) is 5.07. The van der Waals surface area contributed by atoms with Crippen LogP contribution in [0.3, 0.4) is 0 Å². The Balaban J connectivity index is 1.15. The third kappa shape index (κ3) is 5.45. The number of likely N-dealkylation sites (tertiary alicyclic amines) is 1. The molecule has 208 valence electrons. The summed E-state index contributed by atoms with van der Waals surface area (Å²) < 4.78 is 0. The lowest BCUT2D eigenvalue weighted by atomic mass is 9.73. The van der Waals surface area contributed by atoms with Gasteiger partial charge in [0.1, 0.15) is 0 Å². The summed E-state index contributed by atoms with van der Waals surface area (Å²) in [5, 5.41) is 3.69. The van der Waals surface area contributed by atoms with Crippen LogP contribution in [0.2, 0.25) is 0 Å². The van der Waals surface area contributed by atoms with Crippen LogP contribution < -0.4 is 5.32 Å². The zero-order valence-corrected chi connectivity index (χ0v) is 23.8. The molecule has 6 heteroatoms. The number of amides is 2. The molecule has 1 unspecified atom stereocenters. The first-order valence-electron chi connectivity index (χ1n) is 15.2. The second-order valence-electron chi connectivity index (χ2n) is 12.7. The minimum atomic E-state index is 0.110. The highest BCUT2D eigenvalue weighted by Crippen LogP contribution is 2.46. The van der Waals surface area contributed by atoms with Gasteiger partial charge in [0, 0.05) is 75.4 Å². The summed E-state index contributed by atoms with van der Waals surface area (Å²) in [5.41, 5.74) is 6.28. The fourth-order valence-corrected chi connectivity index (χ4v) is 7.75. The smallest absolute Gasteiger partial charge is 0.254 e. The Morgan fingerprint density at radius 2 is 1.77 bits per heavy atom. The van der Waals surface area contributed by atoms with E-state index in [9.17, 15) is 9.59 Å². The van der Waals surface area contributed by atoms with Crippen LogP contribution in [-0.4, -0.2) is 71.8 Å². The van der Waals surface area contributed by atoms with Crippen molar-refractivity contribution < 1.29 is 9.59 Å². The quantitative estimate of drug-likeness (QED) is 0.569. The fraction of sp³-hybridized carbons (Fsp3) is 0.576. The first-order chi connectivity index (χ1) is 18.9. The molecule has 4 aliphatic rings. The Morgan fingerprint density at radius 3 is 2.51 bits per heavy atom. The second kappa shape index (κ2) is 11.0. The van der Waals surface area contributed by atoms with Crippen molar-refractivity contribution in [3.63, 3.8) is 0 Å². The Labute approximate surface area is 233 Å². The maximum absolute atomic E-state index is 14.0. The molecule has 1 aliphatic carbocycles. The van der Waals surface area contributed by atoms with Crippen LogP contribution in [-0.2, 0) is 23.2 Å². The molecule has 2 fully saturated rings. The van der Waals surface area contributed by atoms with E-state index in [1.807, 2.05) is 4.90 Å². The van der Waals surface area contributed by atoms with Crippen LogP contribution in [0.5, 0.6) is 0 Å². The van der Waals surface area contributed by atoms with Gasteiger partial charge in [-0.1, -0.05) is 50.1 Å². The van der Waals surface area contributed by atoms with Gasteiger partial charge in [0.25, 0.3) is 5.91 Å². The molecule has 1 atom stereocenters. The van der Waals surface area contributed by atoms with E-state index in [1.54, 1.807) is 6.92 Å². The zero-order chi connectivity index (χ0) is 27.0. The van der Waals surface area contributed by atoms with E-state index >= 15 is 0 Å². The van der Waals surface area contributed by atoms with Gasteiger partial charge in [0.2, 0.25) is 5.91 Å². The Bertz CT molecular complexity index is 1210. The Kier molecular flexibility index (Phi) is 7.41. The zero-order valence-electron chi connectivity index (χ0n) is 23.8. The van der Waals surface area contributed by atoms with Crippen molar-refractivity contribution in [3.05, 3.63) is 64.7 Å². The lowest BCUT2D eigenvalue weighted by molar-refractivity contribution is -0.129. The molecule has 2 aromatic rings. The van der Waals surface area contributed by atoms with E-state index in [2.05, 4.69) is 64.5 Å². The summed E-state index contributed by atoms with van der Waals surface area (Å²) in [4.78, 5) is 32.3. The molecule has 1 saturated heterocycles. The summed E-state index contributed by atoms with van der Waals surface area (Å²) >= 11 is 0. The molecule has 2 aromatic carbocycles. The first kappa shape index (κ1) is 26.4. The number of hydrogen-bond donors (Lipinski definition) is 1. The molecule has 1 saturated carbocycles. The van der Waals surface area contributed by atoms with Crippen molar-refractivity contribution in [2.75, 3.05) is 44.6 Å². The topological polar surface area (TPSA) is 55.9 Å². The normalized spacial score (nSPS) is 22.1. The standard InChI is InChI=1S/C33H44N4O2/c1-24(20-35-16-11-26-7-3-4-8-27(26)22-35)21-37-23-33(14-5-6-15-33)31-10-9-29(19-30(31)32(37)39)34-28-12-17-36(18-13-28)25(2)38/h3-4,7-10,19,24,28,34H,5-6,11-18,20-23H2,1-2H3. The molecular formula is C33H44N4O2. The molecule has 1 spiro atoms. The largest absolute Gasteiger partial charge is 0.382 e. The van der Waals surface area contributed by atoms with E-state index in [1.165, 1.54) is 42.4 Å². The number of rotatable bonds is 6. The highest BCUT2D eigenvalue weighted by molar-refractivity contribution is 5.98. The van der Waals surface area contributed by atoms with Gasteiger partial charge in [0.15, 0.2) is 0 Å². The maximum atomic E-state index is 14.0. The molecule has 2 amide bonds. The van der Waals surface area contributed by atoms with Gasteiger partial charge >= 0.3 is 0 Å². The summed E-state index contributed by atoms with van der Waals surface area (Å²) in [6.45, 7) is 10.4. The molecular weight excluding hydrogens is 484 g/mol. The van der Waals surface area contributed by atoms with Gasteiger partial charge < -0.3 is 15.1 Å². The van der Waals surface area contributed by atoms with Gasteiger partial charge in [0.05, 0.1) is 0 Å². The van der Waals surface area contributed by atoms with Crippen molar-refractivity contribution in [1.29, 1.82) is 0 Å². The first-order valence-corrected chi connectivity index (χ1v) is 15.2. The minimum Gasteiger partial charge on any atom is -0.382 e. The number of fused-ring (bicyclic) bond motifs is 3. The van der Waals surface area contributed by atoms with E-state index in [0.717, 1.165) is 76.3 Å². The SMILES string of the molecule is CC(=O)N1CCC(Nc2ccc3c(c2)C(=O)N(CC(C)CN2CCc4ccccc4C2)CC32CCCC2)CC1. The van der Waals surface area contributed by atoms with E-state index in [4.69, 9.17) is 0 Å². The van der Waals surface area contributed by atoms with Crippen LogP contribution >= 0.6 is 0 Å². The number of anilines is 1. The molecule has 3 heterocycles. The van der Waals surface area contributed by atoms with Crippen molar-refractivity contribution in [1.82, 2.24) is 14.7 Å². The summed E-state index contributed by atoms with van der Waals surface area (Å²) in [6.07, 6.45) is 7.86. The lowest BCUT2D eigenvalue weighted by Crippen LogP contribution is -2.50. The van der Waals surface area contributed by atoms with E-state index in [-0.39, 0.29) is 17.2 Å². The number of nitrogens with one attached hydrogen (secondary N) is 1. The van der Waals surface area contributed by atoms with Crippen LogP contribution in [0.4, 0.5) is 5.69 Å². The molecule has 6 rings (SSSR count). The average Bonchev–Trinajstić information content (AvgIpc) is 3.41. The van der Waals surface area contributed by atoms with Crippen LogP contribution in [0.1, 0.15) is 79.4 Å². The van der Waals surface area contributed by atoms with Crippen molar-refractivity contribution in [2.45, 2.75) is 76.8 Å². The highest BCUT2D eigenvalue weighted by Gasteiger charge is 2.45. The van der Waals surface area contributed by atoms with Crippen LogP contribution in [0.15, 0.2) is 42.5 Å². The van der Waals surface area contributed by atoms with E-state index < -0.39 is 0 Å². The number of nitrogens with zero attached hydrogens (tertiary/aromatic N) is 3. The van der Waals surface area contributed by atoms with E-state index in [0.29, 0.717) is 12.0 Å². The summed E-state index contributed by atoms with van der Waals surface area (Å²) in [6, 6.07) is 15.7. The third-order valence-electron chi connectivity index (χ3n) is 9.79. The van der Waals surface area contributed by atoms with Crippen molar-refractivity contribution in [3.8, 4) is 0 Å². The molecule has 0 aromatic heterocycles. The molecule has 3 aliphatic heterocycles. The number of piperidine rings is 1. The highest BCUT2D eigenvalue weighted by atomic mass is 16.2. The Morgan fingerprint density at radius 1 is 1.03 bits per heavy atom. The monoisotopic (exact) mass is 528 g/mol. The van der Waals surface area contributed by atoms with Gasteiger partial charge in [-0.25, -0.2) is 0 Å². The predicted molar refractivity (Wildman–Crippen MR) is 156 cm³/mol. The molecule has 6 nitrogen and oxygen atoms in total. The maximum Gasteiger partial charge on any atom is 0.254 e. The fourth-order valence-electron chi connectivity index (χ4n) is 7.75. The molecule has 39 heavy (non-hydrogen) atoms. The minimum absolute atomic E-state index is 0.110. The van der Waals surface area contributed by atoms with Gasteiger partial charge in [-0.3, -0.25) is 14.5 Å². The second-order valence-corrected chi connectivity index (χ2v) is 12.7. The van der Waals surface area contributed by atoms with Crippen molar-refractivity contribution in [2.24, 2.45) is 5.92 Å². The molecule has 0 radical (unpaired) electrons. The number of benzene rings is 2. The number of carbonyl (C=O) groups excluding carboxylic acids is 2. The van der Waals surface area contributed by atoms with Crippen molar-refractivity contribution >= 4 is 17.5 Å². The summed E-state index contributed by atoms with van der Waals surface area (Å²) in [7, 11) is 0. The number of carbonyl (C=O) groups is 2. The van der Waals surface area contributed by atoms with Gasteiger partial charge in [-0.15, -0.1) is 0 Å². The number of hydrogen-bond acceptors (Lipinski definition) is 4. The summed E-state index contributed by atoms with van der Waals surface area (Å²) in [5.74, 6) is 0.787. The lowest BCUT2D eigenvalue weighted by Gasteiger charge is -2.43. The van der Waals surface area contributed by atoms with Gasteiger partial charge in [-0.2, -0.15) is 0 Å². The third-order valence-corrected chi connectivity index (χ3v) is 9.79. The van der Waals surface area contributed by atoms with Crippen LogP contribution in [0, 0.1) is 5.92 Å². The molecule has 1 N–H and O–H groups in total. The average molecular weight is 529 g/mol. The van der Waals surface area contributed by atoms with Gasteiger partial charge in [-0.05, 0) is 66.8 Å². The van der Waals surface area contributed by atoms with Crippen LogP contribution in [0.25, 0.3) is 0 Å². The Hall–Kier alpha value is -2.86.